The molecule has 1 aliphatic carbocycles. The second kappa shape index (κ2) is 13.3. The molecule has 0 atom stereocenters. The van der Waals surface area contributed by atoms with Crippen molar-refractivity contribution in [1.29, 1.82) is 0 Å². The number of allylic oxidation sites excluding steroid dienone is 2. The van der Waals surface area contributed by atoms with Crippen LogP contribution in [0.25, 0.3) is 0 Å². The van der Waals surface area contributed by atoms with Gasteiger partial charge in [-0.25, -0.2) is 0 Å². The Kier molecular flexibility index (Phi) is 15.9. The van der Waals surface area contributed by atoms with E-state index < -0.39 is 0 Å². The third-order valence-electron chi connectivity index (χ3n) is 1.84. The quantitative estimate of drug-likeness (QED) is 0.488. The third kappa shape index (κ3) is 7.84. The summed E-state index contributed by atoms with van der Waals surface area (Å²) in [6.45, 7) is 10.2. The maximum Gasteiger partial charge on any atom is -0.0320 e. The Labute approximate surface area is 79.1 Å². The minimum atomic E-state index is 1.28. The molecule has 0 amide bonds. The van der Waals surface area contributed by atoms with Gasteiger partial charge in [0.15, 0.2) is 0 Å². The fourth-order valence-electron chi connectivity index (χ4n) is 1.23. The average molecular weight is 170 g/mol. The summed E-state index contributed by atoms with van der Waals surface area (Å²) in [6.07, 6.45) is 9.24. The maximum absolute atomic E-state index is 2.41. The first-order valence-corrected chi connectivity index (χ1v) is 5.61. The smallest absolute Gasteiger partial charge is 0.0320 e. The van der Waals surface area contributed by atoms with E-state index in [0.29, 0.717) is 0 Å². The molecular weight excluding hydrogens is 144 g/mol. The topological polar surface area (TPSA) is 0 Å². The lowest BCUT2D eigenvalue weighted by Gasteiger charge is -2.08. The van der Waals surface area contributed by atoms with Gasteiger partial charge in [0, 0.05) is 0 Å². The van der Waals surface area contributed by atoms with Crippen LogP contribution in [0.15, 0.2) is 11.6 Å². The highest BCUT2D eigenvalue weighted by Crippen LogP contribution is 2.18. The Hall–Kier alpha value is -0.260. The van der Waals surface area contributed by atoms with Crippen LogP contribution in [-0.4, -0.2) is 0 Å². The van der Waals surface area contributed by atoms with Crippen molar-refractivity contribution in [2.75, 3.05) is 0 Å². The Bertz CT molecular complexity index is 90.2. The molecule has 0 N–H and O–H groups in total. The van der Waals surface area contributed by atoms with Crippen LogP contribution in [0.4, 0.5) is 0 Å². The molecule has 0 aromatic rings. The highest BCUT2D eigenvalue weighted by Gasteiger charge is 1.98. The lowest BCUT2D eigenvalue weighted by molar-refractivity contribution is 0.684. The summed E-state index contributed by atoms with van der Waals surface area (Å²) in [6, 6.07) is 0. The molecule has 0 saturated heterocycles. The molecule has 0 aliphatic heterocycles. The Morgan fingerprint density at radius 2 is 1.67 bits per heavy atom. The van der Waals surface area contributed by atoms with Gasteiger partial charge in [0.2, 0.25) is 0 Å². The summed E-state index contributed by atoms with van der Waals surface area (Å²) >= 11 is 0. The van der Waals surface area contributed by atoms with E-state index in [1.165, 1.54) is 32.1 Å². The van der Waals surface area contributed by atoms with Gasteiger partial charge in [-0.05, 0) is 32.1 Å². The molecule has 0 saturated carbocycles. The van der Waals surface area contributed by atoms with Gasteiger partial charge >= 0.3 is 0 Å². The molecule has 0 fully saturated rings. The van der Waals surface area contributed by atoms with Crippen LogP contribution in [0.1, 0.15) is 66.7 Å². The van der Waals surface area contributed by atoms with Crippen LogP contribution in [0, 0.1) is 0 Å². The van der Waals surface area contributed by atoms with Crippen LogP contribution >= 0.6 is 0 Å². The molecule has 0 nitrogen and oxygen atoms in total. The Morgan fingerprint density at radius 1 is 1.08 bits per heavy atom. The highest BCUT2D eigenvalue weighted by atomic mass is 14.0. The fourth-order valence-corrected chi connectivity index (χ4v) is 1.23. The zero-order chi connectivity index (χ0) is 9.82. The third-order valence-corrected chi connectivity index (χ3v) is 1.84. The molecule has 12 heavy (non-hydrogen) atoms. The number of rotatable bonds is 1. The van der Waals surface area contributed by atoms with E-state index in [4.69, 9.17) is 0 Å². The van der Waals surface area contributed by atoms with Crippen molar-refractivity contribution in [2.45, 2.75) is 66.7 Å². The Morgan fingerprint density at radius 3 is 1.92 bits per heavy atom. The predicted molar refractivity (Wildman–Crippen MR) is 59.5 cm³/mol. The number of hydrogen-bond donors (Lipinski definition) is 0. The summed E-state index contributed by atoms with van der Waals surface area (Å²) in [5, 5.41) is 0. The normalized spacial score (nSPS) is 14.6. The minimum Gasteiger partial charge on any atom is -0.0853 e. The molecule has 0 aromatic heterocycles. The van der Waals surface area contributed by atoms with Crippen LogP contribution < -0.4 is 0 Å². The molecular formula is C12H26. The molecule has 0 spiro atoms. The first-order chi connectivity index (χ1) is 5.93. The van der Waals surface area contributed by atoms with Crippen molar-refractivity contribution in [3.05, 3.63) is 11.6 Å². The van der Waals surface area contributed by atoms with Gasteiger partial charge in [-0.1, -0.05) is 46.3 Å². The summed E-state index contributed by atoms with van der Waals surface area (Å²) in [4.78, 5) is 0. The average Bonchev–Trinajstić information content (AvgIpc) is 2.25. The fraction of sp³-hybridized carbons (Fsp3) is 0.833. The standard InChI is InChI=1S/C8H14.2C2H6/c1-2-8-6-4-3-5-7-8;2*1-2/h6H,2-5,7H2,1H3;2*1-2H3. The van der Waals surface area contributed by atoms with Gasteiger partial charge in [0.25, 0.3) is 0 Å². The van der Waals surface area contributed by atoms with Crippen LogP contribution in [0.5, 0.6) is 0 Å². The lowest BCUT2D eigenvalue weighted by Crippen LogP contribution is -1.88. The molecule has 1 aliphatic rings. The largest absolute Gasteiger partial charge is 0.0853 e. The molecule has 0 heterocycles. The number of hydrogen-bond acceptors (Lipinski definition) is 0. The summed E-state index contributed by atoms with van der Waals surface area (Å²) in [7, 11) is 0. The van der Waals surface area contributed by atoms with Gasteiger partial charge in [0.1, 0.15) is 0 Å². The molecule has 0 radical (unpaired) electrons. The SMILES string of the molecule is CC.CC.CCC1=CCCCC1. The second-order valence-corrected chi connectivity index (χ2v) is 2.46. The van der Waals surface area contributed by atoms with E-state index in [2.05, 4.69) is 13.0 Å². The lowest BCUT2D eigenvalue weighted by atomic mass is 9.98. The molecule has 0 aromatic carbocycles. The molecule has 0 bridgehead atoms. The monoisotopic (exact) mass is 170 g/mol. The van der Waals surface area contributed by atoms with Gasteiger partial charge in [-0.3, -0.25) is 0 Å². The first kappa shape index (κ1) is 14.3. The highest BCUT2D eigenvalue weighted by molar-refractivity contribution is 5.03. The van der Waals surface area contributed by atoms with Crippen molar-refractivity contribution in [1.82, 2.24) is 0 Å². The van der Waals surface area contributed by atoms with Crippen LogP contribution in [0.3, 0.4) is 0 Å². The summed E-state index contributed by atoms with van der Waals surface area (Å²) < 4.78 is 0. The van der Waals surface area contributed by atoms with Crippen LogP contribution in [0.2, 0.25) is 0 Å². The van der Waals surface area contributed by atoms with Gasteiger partial charge in [-0.15, -0.1) is 0 Å². The van der Waals surface area contributed by atoms with Crippen molar-refractivity contribution in [3.8, 4) is 0 Å². The predicted octanol–water partition coefficient (Wildman–Crippen LogP) is 4.95. The maximum atomic E-state index is 2.41. The van der Waals surface area contributed by atoms with Crippen molar-refractivity contribution in [2.24, 2.45) is 0 Å². The zero-order valence-corrected chi connectivity index (χ0v) is 9.61. The first-order valence-electron chi connectivity index (χ1n) is 5.61. The summed E-state index contributed by atoms with van der Waals surface area (Å²) in [5.41, 5.74) is 1.68. The van der Waals surface area contributed by atoms with Gasteiger partial charge < -0.3 is 0 Å². The van der Waals surface area contributed by atoms with E-state index >= 15 is 0 Å². The van der Waals surface area contributed by atoms with E-state index in [-0.39, 0.29) is 0 Å². The second-order valence-electron chi connectivity index (χ2n) is 2.46. The van der Waals surface area contributed by atoms with Crippen LogP contribution in [-0.2, 0) is 0 Å². The van der Waals surface area contributed by atoms with E-state index in [1.807, 2.05) is 27.7 Å². The summed E-state index contributed by atoms with van der Waals surface area (Å²) in [5.74, 6) is 0. The van der Waals surface area contributed by atoms with E-state index in [0.717, 1.165) is 0 Å². The molecule has 1 rings (SSSR count). The molecule has 74 valence electrons. The van der Waals surface area contributed by atoms with Crippen molar-refractivity contribution < 1.29 is 0 Å². The zero-order valence-electron chi connectivity index (χ0n) is 9.61. The van der Waals surface area contributed by atoms with Crippen molar-refractivity contribution in [3.63, 3.8) is 0 Å². The van der Waals surface area contributed by atoms with Crippen molar-refractivity contribution >= 4 is 0 Å². The molecule has 0 heteroatoms. The minimum absolute atomic E-state index is 1.28. The Balaban J connectivity index is 0. The van der Waals surface area contributed by atoms with E-state index in [9.17, 15) is 0 Å². The molecule has 0 unspecified atom stereocenters. The van der Waals surface area contributed by atoms with E-state index in [1.54, 1.807) is 5.57 Å². The van der Waals surface area contributed by atoms with Gasteiger partial charge in [0.05, 0.1) is 0 Å². The van der Waals surface area contributed by atoms with Gasteiger partial charge in [-0.2, -0.15) is 0 Å².